The number of rotatable bonds is 2. The second kappa shape index (κ2) is 4.67. The first-order chi connectivity index (χ1) is 8.04. The predicted octanol–water partition coefficient (Wildman–Crippen LogP) is 3.01. The van der Waals surface area contributed by atoms with E-state index in [0.717, 1.165) is 10.2 Å². The Balaban J connectivity index is 2.34. The molecule has 0 saturated carbocycles. The zero-order valence-corrected chi connectivity index (χ0v) is 10.6. The lowest BCUT2D eigenvalue weighted by Crippen LogP contribution is -2.02. The minimum atomic E-state index is -0.358. The summed E-state index contributed by atoms with van der Waals surface area (Å²) >= 11 is 3.27. The first-order valence-corrected chi connectivity index (χ1v) is 5.67. The van der Waals surface area contributed by atoms with E-state index in [4.69, 9.17) is 5.73 Å². The van der Waals surface area contributed by atoms with Gasteiger partial charge in [0.1, 0.15) is 11.6 Å². The fourth-order valence-corrected chi connectivity index (χ4v) is 1.75. The SMILES string of the molecule is Cc1cc(Nc2cc(Br)ccc2F)nc(N)n1. The highest BCUT2D eigenvalue weighted by molar-refractivity contribution is 9.10. The zero-order valence-electron chi connectivity index (χ0n) is 9.04. The lowest BCUT2D eigenvalue weighted by Gasteiger charge is -2.08. The summed E-state index contributed by atoms with van der Waals surface area (Å²) in [4.78, 5) is 7.91. The quantitative estimate of drug-likeness (QED) is 0.894. The molecular weight excluding hydrogens is 287 g/mol. The monoisotopic (exact) mass is 296 g/mol. The Morgan fingerprint density at radius 3 is 2.76 bits per heavy atom. The summed E-state index contributed by atoms with van der Waals surface area (Å²) in [6, 6.07) is 6.31. The molecule has 0 amide bonds. The van der Waals surface area contributed by atoms with Gasteiger partial charge in [0.15, 0.2) is 0 Å². The topological polar surface area (TPSA) is 63.8 Å². The molecule has 0 radical (unpaired) electrons. The van der Waals surface area contributed by atoms with Crippen molar-refractivity contribution in [2.75, 3.05) is 11.1 Å². The van der Waals surface area contributed by atoms with E-state index in [-0.39, 0.29) is 11.8 Å². The van der Waals surface area contributed by atoms with Gasteiger partial charge in [-0.05, 0) is 25.1 Å². The second-order valence-corrected chi connectivity index (χ2v) is 4.42. The van der Waals surface area contributed by atoms with Gasteiger partial charge in [-0.2, -0.15) is 4.98 Å². The van der Waals surface area contributed by atoms with Crippen LogP contribution in [0.3, 0.4) is 0 Å². The molecule has 17 heavy (non-hydrogen) atoms. The van der Waals surface area contributed by atoms with Gasteiger partial charge in [-0.3, -0.25) is 0 Å². The maximum Gasteiger partial charge on any atom is 0.222 e. The molecule has 0 unspecified atom stereocenters. The first kappa shape index (κ1) is 11.8. The Morgan fingerprint density at radius 1 is 1.29 bits per heavy atom. The van der Waals surface area contributed by atoms with Crippen molar-refractivity contribution in [2.45, 2.75) is 6.92 Å². The van der Waals surface area contributed by atoms with Gasteiger partial charge in [0.05, 0.1) is 5.69 Å². The van der Waals surface area contributed by atoms with E-state index >= 15 is 0 Å². The largest absolute Gasteiger partial charge is 0.368 e. The standard InChI is InChI=1S/C11H10BrFN4/c1-6-4-10(17-11(14)15-6)16-9-5-7(12)2-3-8(9)13/h2-5H,1H3,(H3,14,15,16,17). The van der Waals surface area contributed by atoms with E-state index in [2.05, 4.69) is 31.2 Å². The number of hydrogen-bond acceptors (Lipinski definition) is 4. The van der Waals surface area contributed by atoms with Crippen molar-refractivity contribution < 1.29 is 4.39 Å². The fraction of sp³-hybridized carbons (Fsp3) is 0.0909. The number of nitrogens with one attached hydrogen (secondary N) is 1. The molecule has 1 aromatic heterocycles. The van der Waals surface area contributed by atoms with Gasteiger partial charge in [0.2, 0.25) is 5.95 Å². The zero-order chi connectivity index (χ0) is 12.4. The Hall–Kier alpha value is -1.69. The molecule has 2 aromatic rings. The number of nitrogens with zero attached hydrogens (tertiary/aromatic N) is 2. The predicted molar refractivity (Wildman–Crippen MR) is 68.6 cm³/mol. The van der Waals surface area contributed by atoms with Crippen molar-refractivity contribution >= 4 is 33.4 Å². The number of hydrogen-bond donors (Lipinski definition) is 2. The molecule has 88 valence electrons. The molecule has 1 heterocycles. The van der Waals surface area contributed by atoms with Crippen LogP contribution < -0.4 is 11.1 Å². The van der Waals surface area contributed by atoms with Crippen LogP contribution in [-0.2, 0) is 0 Å². The molecule has 6 heteroatoms. The van der Waals surface area contributed by atoms with Crippen LogP contribution in [0.25, 0.3) is 0 Å². The molecule has 1 aromatic carbocycles. The molecule has 0 fully saturated rings. The lowest BCUT2D eigenvalue weighted by atomic mass is 10.3. The molecule has 0 aliphatic carbocycles. The summed E-state index contributed by atoms with van der Waals surface area (Å²) in [6.45, 7) is 1.79. The molecular formula is C11H10BrFN4. The molecule has 0 aliphatic rings. The van der Waals surface area contributed by atoms with Crippen LogP contribution in [0.1, 0.15) is 5.69 Å². The number of halogens is 2. The van der Waals surface area contributed by atoms with Gasteiger partial charge in [0, 0.05) is 16.2 Å². The van der Waals surface area contributed by atoms with Crippen molar-refractivity contribution in [3.63, 3.8) is 0 Å². The van der Waals surface area contributed by atoms with Gasteiger partial charge >= 0.3 is 0 Å². The number of nitrogens with two attached hydrogens (primary N) is 1. The first-order valence-electron chi connectivity index (χ1n) is 4.88. The third-order valence-corrected chi connectivity index (χ3v) is 2.56. The van der Waals surface area contributed by atoms with E-state index in [1.807, 2.05) is 0 Å². The molecule has 4 nitrogen and oxygen atoms in total. The highest BCUT2D eigenvalue weighted by Gasteiger charge is 2.05. The number of anilines is 3. The van der Waals surface area contributed by atoms with E-state index in [9.17, 15) is 4.39 Å². The fourth-order valence-electron chi connectivity index (χ4n) is 1.39. The van der Waals surface area contributed by atoms with E-state index in [0.29, 0.717) is 11.5 Å². The number of nitrogen functional groups attached to an aromatic ring is 1. The van der Waals surface area contributed by atoms with Gasteiger partial charge in [0.25, 0.3) is 0 Å². The highest BCUT2D eigenvalue weighted by atomic mass is 79.9. The minimum Gasteiger partial charge on any atom is -0.368 e. The van der Waals surface area contributed by atoms with Crippen molar-refractivity contribution in [1.82, 2.24) is 9.97 Å². The molecule has 3 N–H and O–H groups in total. The summed E-state index contributed by atoms with van der Waals surface area (Å²) in [5, 5.41) is 2.86. The Labute approximate surface area is 106 Å². The summed E-state index contributed by atoms with van der Waals surface area (Å²) in [7, 11) is 0. The Bertz CT molecular complexity index is 539. The number of aryl methyl sites for hydroxylation is 1. The van der Waals surface area contributed by atoms with Crippen LogP contribution in [0.4, 0.5) is 21.8 Å². The van der Waals surface area contributed by atoms with Crippen LogP contribution in [0.15, 0.2) is 28.7 Å². The number of benzene rings is 1. The summed E-state index contributed by atoms with van der Waals surface area (Å²) in [6.07, 6.45) is 0. The van der Waals surface area contributed by atoms with Crippen LogP contribution in [0, 0.1) is 12.7 Å². The van der Waals surface area contributed by atoms with E-state index in [1.54, 1.807) is 25.1 Å². The Morgan fingerprint density at radius 2 is 2.06 bits per heavy atom. The minimum absolute atomic E-state index is 0.155. The normalized spacial score (nSPS) is 10.3. The maximum absolute atomic E-state index is 13.5. The molecule has 0 aliphatic heterocycles. The second-order valence-electron chi connectivity index (χ2n) is 3.50. The van der Waals surface area contributed by atoms with Crippen LogP contribution in [0.5, 0.6) is 0 Å². The maximum atomic E-state index is 13.5. The van der Waals surface area contributed by atoms with Crippen LogP contribution in [-0.4, -0.2) is 9.97 Å². The van der Waals surface area contributed by atoms with Crippen molar-refractivity contribution in [2.24, 2.45) is 0 Å². The summed E-state index contributed by atoms with van der Waals surface area (Å²) < 4.78 is 14.3. The smallest absolute Gasteiger partial charge is 0.222 e. The van der Waals surface area contributed by atoms with Gasteiger partial charge in [-0.1, -0.05) is 15.9 Å². The van der Waals surface area contributed by atoms with Crippen molar-refractivity contribution in [1.29, 1.82) is 0 Å². The van der Waals surface area contributed by atoms with Gasteiger partial charge in [-0.25, -0.2) is 9.37 Å². The van der Waals surface area contributed by atoms with E-state index in [1.165, 1.54) is 6.07 Å². The van der Waals surface area contributed by atoms with Crippen molar-refractivity contribution in [3.05, 3.63) is 40.2 Å². The Kier molecular flexibility index (Phi) is 3.23. The van der Waals surface area contributed by atoms with Crippen molar-refractivity contribution in [3.8, 4) is 0 Å². The van der Waals surface area contributed by atoms with E-state index < -0.39 is 0 Å². The molecule has 0 saturated heterocycles. The number of aromatic nitrogens is 2. The summed E-state index contributed by atoms with van der Waals surface area (Å²) in [5.41, 5.74) is 6.56. The third kappa shape index (κ3) is 2.91. The van der Waals surface area contributed by atoms with Crippen LogP contribution in [0.2, 0.25) is 0 Å². The molecule has 0 atom stereocenters. The lowest BCUT2D eigenvalue weighted by molar-refractivity contribution is 0.631. The average molecular weight is 297 g/mol. The van der Waals surface area contributed by atoms with Crippen LogP contribution >= 0.6 is 15.9 Å². The van der Waals surface area contributed by atoms with Gasteiger partial charge < -0.3 is 11.1 Å². The molecule has 2 rings (SSSR count). The highest BCUT2D eigenvalue weighted by Crippen LogP contribution is 2.23. The molecule has 0 spiro atoms. The average Bonchev–Trinajstić information content (AvgIpc) is 2.22. The third-order valence-electron chi connectivity index (χ3n) is 2.06. The summed E-state index contributed by atoms with van der Waals surface area (Å²) in [5.74, 6) is 0.262. The molecule has 0 bridgehead atoms. The van der Waals surface area contributed by atoms with Gasteiger partial charge in [-0.15, -0.1) is 0 Å².